The van der Waals surface area contributed by atoms with Crippen LogP contribution >= 0.6 is 11.3 Å². The second-order valence-corrected chi connectivity index (χ2v) is 7.90. The van der Waals surface area contributed by atoms with Crippen LogP contribution in [-0.4, -0.2) is 60.4 Å². The van der Waals surface area contributed by atoms with Gasteiger partial charge >= 0.3 is 5.13 Å². The lowest BCUT2D eigenvalue weighted by molar-refractivity contribution is 0.0844. The van der Waals surface area contributed by atoms with E-state index in [0.29, 0.717) is 6.54 Å². The quantitative estimate of drug-likeness (QED) is 0.459. The fourth-order valence-electron chi connectivity index (χ4n) is 1.92. The Morgan fingerprint density at radius 1 is 1.65 bits per heavy atom. The molecule has 112 valence electrons. The lowest BCUT2D eigenvalue weighted by Crippen LogP contribution is -2.48. The standard InChI is InChI=1S/C10H16N4O4S2/c1-3-5-13-6-8(15)14(16,7-13)9-11-12-10(19-9)20(17,18)4-2/h3,8,15H,1,4-7H2,2H3. The van der Waals surface area contributed by atoms with Gasteiger partial charge in [0.1, 0.15) is 6.67 Å². The Morgan fingerprint density at radius 2 is 2.35 bits per heavy atom. The number of hydrogen-bond acceptors (Lipinski definition) is 8. The summed E-state index contributed by atoms with van der Waals surface area (Å²) in [4.78, 5) is 1.72. The van der Waals surface area contributed by atoms with Crippen molar-refractivity contribution >= 4 is 26.3 Å². The van der Waals surface area contributed by atoms with E-state index in [0.717, 1.165) is 11.3 Å². The maximum absolute atomic E-state index is 12.7. The van der Waals surface area contributed by atoms with Crippen LogP contribution in [0.15, 0.2) is 17.0 Å². The number of rotatable bonds is 5. The third-order valence-electron chi connectivity index (χ3n) is 3.07. The molecule has 0 radical (unpaired) electrons. The fourth-order valence-corrected chi connectivity index (χ4v) is 4.07. The number of hydrogen-bond donors (Lipinski definition) is 1. The van der Waals surface area contributed by atoms with Crippen molar-refractivity contribution in [1.29, 1.82) is 0 Å². The van der Waals surface area contributed by atoms with E-state index >= 15 is 0 Å². The highest BCUT2D eigenvalue weighted by Crippen LogP contribution is 2.34. The zero-order valence-electron chi connectivity index (χ0n) is 11.0. The zero-order valence-corrected chi connectivity index (χ0v) is 12.6. The Hall–Kier alpha value is -0.910. The van der Waals surface area contributed by atoms with Gasteiger partial charge in [-0.1, -0.05) is 18.1 Å². The molecule has 0 aliphatic carbocycles. The summed E-state index contributed by atoms with van der Waals surface area (Å²) < 4.78 is 22.1. The first-order valence-electron chi connectivity index (χ1n) is 6.00. The van der Waals surface area contributed by atoms with E-state index in [4.69, 9.17) is 0 Å². The third-order valence-corrected chi connectivity index (χ3v) is 6.28. The second kappa shape index (κ2) is 5.47. The number of sulfone groups is 1. The van der Waals surface area contributed by atoms with Gasteiger partial charge in [-0.05, 0) is 11.3 Å². The molecule has 0 amide bonds. The Kier molecular flexibility index (Phi) is 4.23. The van der Waals surface area contributed by atoms with Crippen LogP contribution in [-0.2, 0) is 9.84 Å². The van der Waals surface area contributed by atoms with Gasteiger partial charge in [0.15, 0.2) is 0 Å². The number of nitrogens with zero attached hydrogens (tertiary/aromatic N) is 4. The molecule has 8 nitrogen and oxygen atoms in total. The predicted molar refractivity (Wildman–Crippen MR) is 75.4 cm³/mol. The molecule has 1 aliphatic heterocycles. The van der Waals surface area contributed by atoms with Crippen molar-refractivity contribution < 1.29 is 13.5 Å². The molecular weight excluding hydrogens is 304 g/mol. The van der Waals surface area contributed by atoms with Gasteiger partial charge in [-0.2, -0.15) is 0 Å². The smallest absolute Gasteiger partial charge is 0.310 e. The van der Waals surface area contributed by atoms with Crippen LogP contribution in [0.25, 0.3) is 0 Å². The van der Waals surface area contributed by atoms with Crippen molar-refractivity contribution in [2.45, 2.75) is 17.5 Å². The first-order chi connectivity index (χ1) is 9.33. The number of hydroxylamine groups is 2. The van der Waals surface area contributed by atoms with Gasteiger partial charge in [0.25, 0.3) is 0 Å². The topological polar surface area (TPSA) is 106 Å². The van der Waals surface area contributed by atoms with Crippen molar-refractivity contribution in [3.63, 3.8) is 0 Å². The van der Waals surface area contributed by atoms with E-state index in [-0.39, 0.29) is 28.4 Å². The van der Waals surface area contributed by atoms with Crippen LogP contribution < -0.4 is 4.65 Å². The van der Waals surface area contributed by atoms with Crippen molar-refractivity contribution in [2.24, 2.45) is 0 Å². The lowest BCUT2D eigenvalue weighted by Gasteiger charge is -2.36. The molecule has 1 saturated heterocycles. The highest BCUT2D eigenvalue weighted by molar-refractivity contribution is 7.93. The van der Waals surface area contributed by atoms with Gasteiger partial charge in [0.05, 0.1) is 12.3 Å². The molecule has 2 heterocycles. The van der Waals surface area contributed by atoms with Crippen LogP contribution in [0.4, 0.5) is 5.13 Å². The minimum absolute atomic E-state index is 0.00596. The number of aromatic nitrogens is 2. The number of β-amino-alcohol motifs (C(OH)–C–C–N with tert-alkyl or cyclic N) is 1. The van der Waals surface area contributed by atoms with Crippen molar-refractivity contribution in [1.82, 2.24) is 19.7 Å². The molecule has 1 aromatic rings. The molecule has 0 bridgehead atoms. The van der Waals surface area contributed by atoms with E-state index in [1.165, 1.54) is 6.92 Å². The molecule has 1 aliphatic rings. The highest BCUT2D eigenvalue weighted by atomic mass is 32.2. The maximum Gasteiger partial charge on any atom is 0.310 e. The highest BCUT2D eigenvalue weighted by Gasteiger charge is 2.43. The Bertz CT molecular complexity index is 602. The monoisotopic (exact) mass is 320 g/mol. The van der Waals surface area contributed by atoms with Gasteiger partial charge in [0.2, 0.25) is 20.4 Å². The fraction of sp³-hybridized carbons (Fsp3) is 0.600. The molecule has 2 rings (SSSR count). The van der Waals surface area contributed by atoms with E-state index in [2.05, 4.69) is 16.8 Å². The van der Waals surface area contributed by atoms with Gasteiger partial charge in [-0.15, -0.1) is 11.7 Å². The first kappa shape index (κ1) is 15.5. The largest absolute Gasteiger partial charge is 0.623 e. The third kappa shape index (κ3) is 2.62. The van der Waals surface area contributed by atoms with Crippen LogP contribution in [0.5, 0.6) is 0 Å². The van der Waals surface area contributed by atoms with Gasteiger partial charge < -0.3 is 10.3 Å². The van der Waals surface area contributed by atoms with Crippen molar-refractivity contribution in [3.05, 3.63) is 17.9 Å². The summed E-state index contributed by atoms with van der Waals surface area (Å²) >= 11 is 0.721. The summed E-state index contributed by atoms with van der Waals surface area (Å²) in [5, 5.41) is 29.8. The normalized spacial score (nSPS) is 27.9. The molecule has 0 aromatic carbocycles. The van der Waals surface area contributed by atoms with Crippen molar-refractivity contribution in [3.8, 4) is 0 Å². The summed E-state index contributed by atoms with van der Waals surface area (Å²) in [6, 6.07) is 0. The van der Waals surface area contributed by atoms with E-state index in [1.807, 2.05) is 0 Å². The average molecular weight is 320 g/mol. The summed E-state index contributed by atoms with van der Waals surface area (Å²) in [7, 11) is -3.49. The second-order valence-electron chi connectivity index (χ2n) is 4.50. The maximum atomic E-state index is 12.7. The molecule has 20 heavy (non-hydrogen) atoms. The van der Waals surface area contributed by atoms with E-state index in [1.54, 1.807) is 11.0 Å². The Morgan fingerprint density at radius 3 is 2.95 bits per heavy atom. The zero-order chi connectivity index (χ0) is 15.0. The van der Waals surface area contributed by atoms with Crippen molar-refractivity contribution in [2.75, 3.05) is 25.5 Å². The average Bonchev–Trinajstić information content (AvgIpc) is 2.98. The lowest BCUT2D eigenvalue weighted by atomic mass is 10.5. The summed E-state index contributed by atoms with van der Waals surface area (Å²) in [5.41, 5.74) is 0. The molecular formula is C10H16N4O4S2. The molecule has 1 N–H and O–H groups in total. The van der Waals surface area contributed by atoms with Gasteiger partial charge in [0, 0.05) is 6.54 Å². The minimum atomic E-state index is -3.49. The molecule has 2 unspecified atom stereocenters. The SMILES string of the molecule is C=CCN1CC(O)[N+]([O-])(c2nnc(S(=O)(=O)CC)s2)C1. The van der Waals surface area contributed by atoms with Crippen LogP contribution in [0.2, 0.25) is 0 Å². The number of quaternary nitrogens is 1. The number of aliphatic hydroxyl groups excluding tert-OH is 1. The molecule has 2 atom stereocenters. The summed E-state index contributed by atoms with van der Waals surface area (Å²) in [6.45, 7) is 5.72. The molecule has 0 saturated carbocycles. The molecule has 1 fully saturated rings. The van der Waals surface area contributed by atoms with Crippen LogP contribution in [0, 0.1) is 5.21 Å². The first-order valence-corrected chi connectivity index (χ1v) is 8.47. The van der Waals surface area contributed by atoms with Gasteiger partial charge in [-0.3, -0.25) is 4.65 Å². The Balaban J connectivity index is 2.30. The van der Waals surface area contributed by atoms with Gasteiger partial charge in [-0.25, -0.2) is 13.3 Å². The number of aliphatic hydroxyl groups is 1. The summed E-state index contributed by atoms with van der Waals surface area (Å²) in [6.07, 6.45) is 0.426. The summed E-state index contributed by atoms with van der Waals surface area (Å²) in [5.74, 6) is -0.106. The molecule has 1 aromatic heterocycles. The molecule has 10 heteroatoms. The van der Waals surface area contributed by atoms with Crippen LogP contribution in [0.1, 0.15) is 6.92 Å². The van der Waals surface area contributed by atoms with Crippen LogP contribution in [0.3, 0.4) is 0 Å². The minimum Gasteiger partial charge on any atom is -0.623 e. The Labute approximate surface area is 121 Å². The van der Waals surface area contributed by atoms with E-state index in [9.17, 15) is 18.7 Å². The molecule has 0 spiro atoms. The van der Waals surface area contributed by atoms with E-state index < -0.39 is 20.7 Å². The predicted octanol–water partition coefficient (Wildman–Crippen LogP) is -0.0857.